The molecule has 0 bridgehead atoms. The molecule has 0 unspecified atom stereocenters. The van der Waals surface area contributed by atoms with Crippen molar-refractivity contribution in [3.05, 3.63) is 74.4 Å². The van der Waals surface area contributed by atoms with E-state index in [4.69, 9.17) is 17.3 Å². The Morgan fingerprint density at radius 2 is 2.03 bits per heavy atom. The molecule has 0 amide bonds. The second kappa shape index (κ2) is 7.94. The maximum absolute atomic E-state index is 13.0. The van der Waals surface area contributed by atoms with Gasteiger partial charge in [0.15, 0.2) is 0 Å². The lowest BCUT2D eigenvalue weighted by Gasteiger charge is -2.30. The van der Waals surface area contributed by atoms with Gasteiger partial charge in [0.2, 0.25) is 10.5 Å². The lowest BCUT2D eigenvalue weighted by atomic mass is 9.86. The van der Waals surface area contributed by atoms with Gasteiger partial charge < -0.3 is 0 Å². The van der Waals surface area contributed by atoms with Crippen LogP contribution in [0, 0.1) is 10.2 Å². The van der Waals surface area contributed by atoms with Gasteiger partial charge in [-0.05, 0) is 41.2 Å². The van der Waals surface area contributed by atoms with Crippen LogP contribution in [-0.4, -0.2) is 18.7 Å². The lowest BCUT2D eigenvalue weighted by Crippen LogP contribution is -2.33. The molecule has 30 heavy (non-hydrogen) atoms. The number of allylic oxidation sites excluding steroid dienone is 1. The first-order valence-corrected chi connectivity index (χ1v) is 11.1. The molecule has 4 rings (SSSR count). The Labute approximate surface area is 184 Å². The standard InChI is InChI=1S/C22H25N5OS2/c1-5-12-25-19(28)15-9-6-7-10-16(15)27-20(25)24-26(21(27)29)14-23-18(22(2,3)4)17-11-8-13-30-17/h5-11,13,18,23H,1,12,14H2,2-4H3/t18-/m1/s1. The maximum atomic E-state index is 13.0. The van der Waals surface area contributed by atoms with Crippen molar-refractivity contribution in [2.24, 2.45) is 5.41 Å². The maximum Gasteiger partial charge on any atom is 0.263 e. The lowest BCUT2D eigenvalue weighted by molar-refractivity contribution is 0.255. The minimum atomic E-state index is -0.0933. The van der Waals surface area contributed by atoms with Crippen LogP contribution in [0.25, 0.3) is 16.7 Å². The molecule has 0 spiro atoms. The zero-order chi connectivity index (χ0) is 21.5. The number of fused-ring (bicyclic) bond motifs is 3. The summed E-state index contributed by atoms with van der Waals surface area (Å²) in [6.45, 7) is 11.2. The van der Waals surface area contributed by atoms with Crippen molar-refractivity contribution < 1.29 is 0 Å². The number of hydrogen-bond acceptors (Lipinski definition) is 5. The Morgan fingerprint density at radius 1 is 1.27 bits per heavy atom. The van der Waals surface area contributed by atoms with E-state index >= 15 is 0 Å². The minimum Gasteiger partial charge on any atom is -0.290 e. The van der Waals surface area contributed by atoms with Crippen molar-refractivity contribution in [2.45, 2.75) is 40.0 Å². The molecule has 1 aromatic carbocycles. The number of para-hydroxylation sites is 1. The van der Waals surface area contributed by atoms with Crippen molar-refractivity contribution in [2.75, 3.05) is 0 Å². The van der Waals surface area contributed by atoms with Gasteiger partial charge in [0.05, 0.1) is 17.6 Å². The number of nitrogens with zero attached hydrogens (tertiary/aromatic N) is 4. The molecule has 0 saturated carbocycles. The van der Waals surface area contributed by atoms with E-state index in [0.717, 1.165) is 5.52 Å². The van der Waals surface area contributed by atoms with Gasteiger partial charge in [0.1, 0.15) is 0 Å². The fourth-order valence-electron chi connectivity index (χ4n) is 3.73. The number of hydrogen-bond donors (Lipinski definition) is 1. The van der Waals surface area contributed by atoms with E-state index in [1.807, 2.05) is 28.7 Å². The number of thiophene rings is 1. The summed E-state index contributed by atoms with van der Waals surface area (Å²) in [4.78, 5) is 14.3. The van der Waals surface area contributed by atoms with Crippen molar-refractivity contribution >= 4 is 40.2 Å². The first kappa shape index (κ1) is 20.7. The van der Waals surface area contributed by atoms with E-state index in [1.54, 1.807) is 26.7 Å². The molecule has 3 aromatic heterocycles. The number of nitrogens with one attached hydrogen (secondary N) is 1. The highest BCUT2D eigenvalue weighted by Crippen LogP contribution is 2.35. The third-order valence-corrected chi connectivity index (χ3v) is 6.47. The van der Waals surface area contributed by atoms with Crippen LogP contribution in [0.1, 0.15) is 31.7 Å². The van der Waals surface area contributed by atoms with Crippen LogP contribution in [0.15, 0.2) is 59.2 Å². The highest BCUT2D eigenvalue weighted by atomic mass is 32.1. The predicted octanol–water partition coefficient (Wildman–Crippen LogP) is 4.76. The average molecular weight is 440 g/mol. The molecule has 0 saturated heterocycles. The van der Waals surface area contributed by atoms with Crippen LogP contribution < -0.4 is 10.9 Å². The van der Waals surface area contributed by atoms with Crippen LogP contribution in [0.2, 0.25) is 0 Å². The summed E-state index contributed by atoms with van der Waals surface area (Å²) in [6.07, 6.45) is 1.70. The van der Waals surface area contributed by atoms with Gasteiger partial charge in [-0.1, -0.05) is 45.0 Å². The monoisotopic (exact) mass is 439 g/mol. The van der Waals surface area contributed by atoms with Gasteiger partial charge in [-0.3, -0.25) is 19.1 Å². The molecular formula is C22H25N5OS2. The van der Waals surface area contributed by atoms with E-state index in [-0.39, 0.29) is 17.0 Å². The average Bonchev–Trinajstić information content (AvgIpc) is 3.33. The van der Waals surface area contributed by atoms with Gasteiger partial charge in [0, 0.05) is 17.5 Å². The van der Waals surface area contributed by atoms with Crippen molar-refractivity contribution in [3.63, 3.8) is 0 Å². The predicted molar refractivity (Wildman–Crippen MR) is 126 cm³/mol. The molecule has 1 N–H and O–H groups in total. The Morgan fingerprint density at radius 3 is 2.70 bits per heavy atom. The fourth-order valence-corrected chi connectivity index (χ4v) is 5.06. The topological polar surface area (TPSA) is 56.3 Å². The van der Waals surface area contributed by atoms with Crippen LogP contribution in [0.5, 0.6) is 0 Å². The molecule has 8 heteroatoms. The zero-order valence-corrected chi connectivity index (χ0v) is 19.0. The van der Waals surface area contributed by atoms with E-state index in [2.05, 4.69) is 50.2 Å². The van der Waals surface area contributed by atoms with Crippen LogP contribution in [0.4, 0.5) is 0 Å². The molecule has 0 radical (unpaired) electrons. The molecule has 3 heterocycles. The molecule has 0 aliphatic carbocycles. The first-order valence-electron chi connectivity index (χ1n) is 9.81. The molecule has 156 valence electrons. The molecular weight excluding hydrogens is 414 g/mol. The fraction of sp³-hybridized carbons (Fsp3) is 0.318. The van der Waals surface area contributed by atoms with Crippen molar-refractivity contribution in [1.82, 2.24) is 24.1 Å². The molecule has 0 aliphatic rings. The molecule has 4 aromatic rings. The second-order valence-corrected chi connectivity index (χ2v) is 9.66. The number of aromatic nitrogens is 4. The van der Waals surface area contributed by atoms with Gasteiger partial charge in [-0.15, -0.1) is 23.0 Å². The van der Waals surface area contributed by atoms with E-state index in [9.17, 15) is 4.79 Å². The van der Waals surface area contributed by atoms with E-state index < -0.39 is 0 Å². The Hall–Kier alpha value is -2.55. The van der Waals surface area contributed by atoms with E-state index in [1.165, 1.54) is 4.88 Å². The summed E-state index contributed by atoms with van der Waals surface area (Å²) in [6, 6.07) is 11.8. The highest BCUT2D eigenvalue weighted by Gasteiger charge is 2.27. The third kappa shape index (κ3) is 3.55. The number of benzene rings is 1. The van der Waals surface area contributed by atoms with Gasteiger partial charge in [-0.25, -0.2) is 4.68 Å². The van der Waals surface area contributed by atoms with E-state index in [0.29, 0.717) is 29.1 Å². The van der Waals surface area contributed by atoms with Crippen LogP contribution in [-0.2, 0) is 13.2 Å². The highest BCUT2D eigenvalue weighted by molar-refractivity contribution is 7.71. The van der Waals surface area contributed by atoms with Crippen LogP contribution in [0.3, 0.4) is 0 Å². The summed E-state index contributed by atoms with van der Waals surface area (Å²) in [5, 5.41) is 11.0. The first-order chi connectivity index (χ1) is 14.3. The van der Waals surface area contributed by atoms with Gasteiger partial charge >= 0.3 is 0 Å². The Bertz CT molecular complexity index is 1320. The Kier molecular flexibility index (Phi) is 5.48. The van der Waals surface area contributed by atoms with Crippen molar-refractivity contribution in [1.29, 1.82) is 0 Å². The zero-order valence-electron chi connectivity index (χ0n) is 17.3. The minimum absolute atomic E-state index is 0.0177. The SMILES string of the molecule is C=CCn1c(=O)c2ccccc2n2c(=S)n(CN[C@H](c3cccs3)C(C)(C)C)nc12. The Balaban J connectivity index is 1.83. The molecule has 0 fully saturated rings. The van der Waals surface area contributed by atoms with Gasteiger partial charge in [-0.2, -0.15) is 0 Å². The molecule has 1 atom stereocenters. The largest absolute Gasteiger partial charge is 0.290 e. The summed E-state index contributed by atoms with van der Waals surface area (Å²) < 4.78 is 5.78. The van der Waals surface area contributed by atoms with Crippen LogP contribution >= 0.6 is 23.6 Å². The number of rotatable bonds is 6. The summed E-state index contributed by atoms with van der Waals surface area (Å²) in [7, 11) is 0. The van der Waals surface area contributed by atoms with Crippen molar-refractivity contribution in [3.8, 4) is 0 Å². The third-order valence-electron chi connectivity index (χ3n) is 5.13. The summed E-state index contributed by atoms with van der Waals surface area (Å²) >= 11 is 7.51. The quantitative estimate of drug-likeness (QED) is 0.348. The normalized spacial score (nSPS) is 13.2. The smallest absolute Gasteiger partial charge is 0.263 e. The second-order valence-electron chi connectivity index (χ2n) is 8.32. The molecule has 6 nitrogen and oxygen atoms in total. The summed E-state index contributed by atoms with van der Waals surface area (Å²) in [5.41, 5.74) is 0.688. The van der Waals surface area contributed by atoms with Gasteiger partial charge in [0.25, 0.3) is 5.56 Å². The summed E-state index contributed by atoms with van der Waals surface area (Å²) in [5.74, 6) is 0.522. The molecule has 0 aliphatic heterocycles.